The Bertz CT molecular complexity index is 849. The van der Waals surface area contributed by atoms with Gasteiger partial charge in [-0.1, -0.05) is 65.3 Å². The van der Waals surface area contributed by atoms with Crippen molar-refractivity contribution < 1.29 is 9.53 Å². The van der Waals surface area contributed by atoms with Gasteiger partial charge < -0.3 is 10.1 Å². The Labute approximate surface area is 189 Å². The molecule has 0 heterocycles. The molecular weight excluding hydrogens is 483 g/mol. The second-order valence-electron chi connectivity index (χ2n) is 6.08. The maximum absolute atomic E-state index is 12.7. The molecule has 0 saturated heterocycles. The van der Waals surface area contributed by atoms with Gasteiger partial charge in [0, 0.05) is 9.50 Å². The molecule has 0 fully saturated rings. The maximum Gasteiger partial charge on any atom is 0.261 e. The molecular formula is C20H21BrCl2N2O2S. The largest absolute Gasteiger partial charge is 0.493 e. The topological polar surface area (TPSA) is 50.4 Å². The molecule has 2 N–H and O–H groups in total. The summed E-state index contributed by atoms with van der Waals surface area (Å²) in [5, 5.41) is 6.60. The highest BCUT2D eigenvalue weighted by molar-refractivity contribution is 9.10. The van der Waals surface area contributed by atoms with E-state index in [0.717, 1.165) is 23.7 Å². The number of carbonyl (C=O) groups is 1. The van der Waals surface area contributed by atoms with Gasteiger partial charge in [0.25, 0.3) is 5.91 Å². The van der Waals surface area contributed by atoms with Gasteiger partial charge in [-0.3, -0.25) is 10.1 Å². The van der Waals surface area contributed by atoms with Crippen molar-refractivity contribution in [2.75, 3.05) is 11.9 Å². The first kappa shape index (κ1) is 22.9. The lowest BCUT2D eigenvalue weighted by molar-refractivity contribution is 0.0973. The van der Waals surface area contributed by atoms with E-state index in [1.54, 1.807) is 30.3 Å². The number of ether oxygens (including phenoxy) is 1. The molecule has 0 aliphatic heterocycles. The molecule has 0 spiro atoms. The molecule has 2 aromatic carbocycles. The number of amides is 1. The van der Waals surface area contributed by atoms with Crippen molar-refractivity contribution in [1.29, 1.82) is 0 Å². The molecule has 2 aromatic rings. The summed E-state index contributed by atoms with van der Waals surface area (Å²) in [5.74, 6) is 0.150. The second-order valence-corrected chi connectivity index (χ2v) is 8.25. The minimum absolute atomic E-state index is 0.128. The smallest absolute Gasteiger partial charge is 0.261 e. The van der Waals surface area contributed by atoms with Crippen LogP contribution >= 0.6 is 51.3 Å². The van der Waals surface area contributed by atoms with Gasteiger partial charge in [0.1, 0.15) is 5.75 Å². The van der Waals surface area contributed by atoms with E-state index in [1.807, 2.05) is 6.07 Å². The molecule has 2 rings (SSSR count). The molecule has 28 heavy (non-hydrogen) atoms. The van der Waals surface area contributed by atoms with Crippen LogP contribution in [0.15, 0.2) is 40.9 Å². The maximum atomic E-state index is 12.7. The lowest BCUT2D eigenvalue weighted by atomic mass is 10.2. The fraction of sp³-hybridized carbons (Fsp3) is 0.300. The Morgan fingerprint density at radius 2 is 1.93 bits per heavy atom. The lowest BCUT2D eigenvalue weighted by Crippen LogP contribution is -2.34. The Balaban J connectivity index is 2.01. The van der Waals surface area contributed by atoms with Crippen LogP contribution in [0.3, 0.4) is 0 Å². The summed E-state index contributed by atoms with van der Waals surface area (Å²) >= 11 is 20.6. The molecule has 0 atom stereocenters. The van der Waals surface area contributed by atoms with Gasteiger partial charge in [0.05, 0.1) is 22.9 Å². The van der Waals surface area contributed by atoms with Crippen LogP contribution in [0.25, 0.3) is 0 Å². The quantitative estimate of drug-likeness (QED) is 0.305. The summed E-state index contributed by atoms with van der Waals surface area (Å²) in [7, 11) is 0. The van der Waals surface area contributed by atoms with E-state index in [9.17, 15) is 4.79 Å². The van der Waals surface area contributed by atoms with Crippen molar-refractivity contribution in [2.24, 2.45) is 0 Å². The van der Waals surface area contributed by atoms with Crippen LogP contribution in [0.5, 0.6) is 5.75 Å². The summed E-state index contributed by atoms with van der Waals surface area (Å²) in [4.78, 5) is 12.7. The molecule has 0 bridgehead atoms. The average Bonchev–Trinajstić information content (AvgIpc) is 2.64. The molecule has 1 amide bonds. The predicted octanol–water partition coefficient (Wildman–Crippen LogP) is 6.84. The van der Waals surface area contributed by atoms with E-state index < -0.39 is 0 Å². The summed E-state index contributed by atoms with van der Waals surface area (Å²) in [6.07, 6.45) is 4.38. The summed E-state index contributed by atoms with van der Waals surface area (Å²) in [6, 6.07) is 10.3. The van der Waals surface area contributed by atoms with E-state index in [-0.39, 0.29) is 11.0 Å². The summed E-state index contributed by atoms with van der Waals surface area (Å²) in [5.41, 5.74) is 0.953. The van der Waals surface area contributed by atoms with Gasteiger partial charge in [-0.05, 0) is 55.0 Å². The first-order valence-corrected chi connectivity index (χ1v) is 10.9. The van der Waals surface area contributed by atoms with Crippen LogP contribution in [0, 0.1) is 0 Å². The number of carbonyl (C=O) groups excluding carboxylic acids is 1. The van der Waals surface area contributed by atoms with Crippen LogP contribution in [-0.4, -0.2) is 17.6 Å². The first-order chi connectivity index (χ1) is 13.4. The van der Waals surface area contributed by atoms with Crippen LogP contribution in [0.2, 0.25) is 10.0 Å². The second kappa shape index (κ2) is 11.6. The molecule has 4 nitrogen and oxygen atoms in total. The molecule has 0 aromatic heterocycles. The van der Waals surface area contributed by atoms with Crippen molar-refractivity contribution in [2.45, 2.75) is 32.6 Å². The van der Waals surface area contributed by atoms with E-state index in [1.165, 1.54) is 6.42 Å². The number of nitrogens with one attached hydrogen (secondary N) is 2. The normalized spacial score (nSPS) is 10.4. The van der Waals surface area contributed by atoms with Gasteiger partial charge in [0.2, 0.25) is 0 Å². The van der Waals surface area contributed by atoms with E-state index in [2.05, 4.69) is 33.5 Å². The third kappa shape index (κ3) is 7.24. The number of benzene rings is 2. The van der Waals surface area contributed by atoms with Gasteiger partial charge in [0.15, 0.2) is 5.11 Å². The number of anilines is 1. The third-order valence-electron chi connectivity index (χ3n) is 3.85. The number of thiocarbonyl (C=S) groups is 1. The average molecular weight is 504 g/mol. The summed E-state index contributed by atoms with van der Waals surface area (Å²) in [6.45, 7) is 2.72. The van der Waals surface area contributed by atoms with Crippen molar-refractivity contribution >= 4 is 68.1 Å². The minimum Gasteiger partial charge on any atom is -0.493 e. The molecule has 8 heteroatoms. The molecule has 0 aliphatic rings. The first-order valence-electron chi connectivity index (χ1n) is 8.90. The zero-order chi connectivity index (χ0) is 20.5. The van der Waals surface area contributed by atoms with Gasteiger partial charge in [-0.15, -0.1) is 0 Å². The Hall–Kier alpha value is -1.34. The number of halogens is 3. The number of hydrogen-bond donors (Lipinski definition) is 2. The Morgan fingerprint density at radius 1 is 1.14 bits per heavy atom. The zero-order valence-corrected chi connectivity index (χ0v) is 19.3. The Morgan fingerprint density at radius 3 is 2.64 bits per heavy atom. The highest BCUT2D eigenvalue weighted by Crippen LogP contribution is 2.26. The monoisotopic (exact) mass is 502 g/mol. The van der Waals surface area contributed by atoms with Crippen molar-refractivity contribution in [3.63, 3.8) is 0 Å². The standard InChI is InChI=1S/C20H21BrCl2N2O2S/c1-2-3-4-5-10-27-18-9-6-13(21)11-15(18)19(26)25-20(28)24-17-8-7-14(22)12-16(17)23/h6-9,11-12H,2-5,10H2,1H3,(H2,24,25,26,28). The van der Waals surface area contributed by atoms with Gasteiger partial charge in [-0.2, -0.15) is 0 Å². The third-order valence-corrected chi connectivity index (χ3v) is 5.09. The fourth-order valence-corrected chi connectivity index (χ4v) is 3.45. The predicted molar refractivity (Wildman–Crippen MR) is 124 cm³/mol. The van der Waals surface area contributed by atoms with Crippen LogP contribution < -0.4 is 15.4 Å². The molecule has 150 valence electrons. The Kier molecular flexibility index (Phi) is 9.51. The van der Waals surface area contributed by atoms with Crippen molar-refractivity contribution in [3.8, 4) is 5.75 Å². The van der Waals surface area contributed by atoms with Crippen LogP contribution in [0.4, 0.5) is 5.69 Å². The molecule has 0 saturated carbocycles. The van der Waals surface area contributed by atoms with Gasteiger partial charge in [-0.25, -0.2) is 0 Å². The highest BCUT2D eigenvalue weighted by atomic mass is 79.9. The van der Waals surface area contributed by atoms with Crippen molar-refractivity contribution in [3.05, 3.63) is 56.5 Å². The zero-order valence-electron chi connectivity index (χ0n) is 15.4. The van der Waals surface area contributed by atoms with Crippen LogP contribution in [-0.2, 0) is 0 Å². The van der Waals surface area contributed by atoms with E-state index in [0.29, 0.717) is 33.7 Å². The number of unbranched alkanes of at least 4 members (excludes halogenated alkanes) is 3. The summed E-state index contributed by atoms with van der Waals surface area (Å²) < 4.78 is 6.58. The van der Waals surface area contributed by atoms with Crippen LogP contribution in [0.1, 0.15) is 43.0 Å². The minimum atomic E-state index is -0.368. The highest BCUT2D eigenvalue weighted by Gasteiger charge is 2.15. The van der Waals surface area contributed by atoms with E-state index >= 15 is 0 Å². The lowest BCUT2D eigenvalue weighted by Gasteiger charge is -2.14. The SMILES string of the molecule is CCCCCCOc1ccc(Br)cc1C(=O)NC(=S)Nc1ccc(Cl)cc1Cl. The number of hydrogen-bond acceptors (Lipinski definition) is 3. The number of rotatable bonds is 8. The molecule has 0 aliphatic carbocycles. The fourth-order valence-electron chi connectivity index (χ4n) is 2.43. The molecule has 0 radical (unpaired) electrons. The molecule has 0 unspecified atom stereocenters. The van der Waals surface area contributed by atoms with Crippen molar-refractivity contribution in [1.82, 2.24) is 5.32 Å². The van der Waals surface area contributed by atoms with E-state index in [4.69, 9.17) is 40.2 Å². The van der Waals surface area contributed by atoms with Gasteiger partial charge >= 0.3 is 0 Å².